The van der Waals surface area contributed by atoms with Crippen molar-refractivity contribution in [3.63, 3.8) is 0 Å². The fraction of sp³-hybridized carbons (Fsp3) is 0.125. The number of hydrogen-bond donors (Lipinski definition) is 3. The van der Waals surface area contributed by atoms with Crippen molar-refractivity contribution in [2.45, 2.75) is 6.92 Å². The van der Waals surface area contributed by atoms with Crippen molar-refractivity contribution in [3.05, 3.63) is 56.5 Å². The van der Waals surface area contributed by atoms with Gasteiger partial charge in [0.05, 0.1) is 17.8 Å². The highest BCUT2D eigenvalue weighted by atomic mass is 35.5. The van der Waals surface area contributed by atoms with E-state index in [4.69, 9.17) is 34.8 Å². The predicted molar refractivity (Wildman–Crippen MR) is 98.5 cm³/mol. The fourth-order valence-corrected chi connectivity index (χ4v) is 2.56. The molecule has 2 rings (SSSR count). The lowest BCUT2D eigenvalue weighted by atomic mass is 10.2. The Balaban J connectivity index is 1.93. The number of carbonyl (C=O) groups is 1. The van der Waals surface area contributed by atoms with Crippen LogP contribution in [0.4, 0.5) is 5.69 Å². The van der Waals surface area contributed by atoms with Crippen LogP contribution in [0.5, 0.6) is 5.75 Å². The highest BCUT2D eigenvalue weighted by molar-refractivity contribution is 6.36. The van der Waals surface area contributed by atoms with Crippen LogP contribution in [0.3, 0.4) is 0 Å². The summed E-state index contributed by atoms with van der Waals surface area (Å²) in [6.45, 7) is 1.87. The summed E-state index contributed by atoms with van der Waals surface area (Å²) in [5.74, 6) is -0.523. The Hall–Kier alpha value is -1.95. The molecule has 5 nitrogen and oxygen atoms in total. The SMILES string of the molecule is Cc1c(Cl)cccc1NCC(=O)N/N=C\c1cc(Cl)cc(Cl)c1O. The highest BCUT2D eigenvalue weighted by Crippen LogP contribution is 2.29. The van der Waals surface area contributed by atoms with E-state index in [1.165, 1.54) is 18.3 Å². The first kappa shape index (κ1) is 18.4. The molecule has 0 saturated carbocycles. The van der Waals surface area contributed by atoms with Crippen LogP contribution in [0.1, 0.15) is 11.1 Å². The molecule has 2 aromatic rings. The molecule has 0 radical (unpaired) electrons. The normalized spacial score (nSPS) is 10.8. The first-order valence-corrected chi connectivity index (χ1v) is 8.00. The summed E-state index contributed by atoms with van der Waals surface area (Å²) in [7, 11) is 0. The van der Waals surface area contributed by atoms with Gasteiger partial charge >= 0.3 is 0 Å². The molecule has 2 aromatic carbocycles. The van der Waals surface area contributed by atoms with Crippen LogP contribution in [-0.4, -0.2) is 23.8 Å². The van der Waals surface area contributed by atoms with Gasteiger partial charge in [-0.2, -0.15) is 5.10 Å². The Morgan fingerprint density at radius 1 is 1.25 bits per heavy atom. The molecular formula is C16H14Cl3N3O2. The van der Waals surface area contributed by atoms with Crippen LogP contribution < -0.4 is 10.7 Å². The van der Waals surface area contributed by atoms with Crippen LogP contribution >= 0.6 is 34.8 Å². The number of hydrogen-bond acceptors (Lipinski definition) is 4. The maximum atomic E-state index is 11.8. The van der Waals surface area contributed by atoms with Gasteiger partial charge in [-0.05, 0) is 36.8 Å². The van der Waals surface area contributed by atoms with Gasteiger partial charge in [-0.1, -0.05) is 40.9 Å². The van der Waals surface area contributed by atoms with E-state index in [2.05, 4.69) is 15.8 Å². The smallest absolute Gasteiger partial charge is 0.259 e. The minimum Gasteiger partial charge on any atom is -0.506 e. The topological polar surface area (TPSA) is 73.7 Å². The third-order valence-corrected chi connectivity index (χ3v) is 4.07. The highest BCUT2D eigenvalue weighted by Gasteiger charge is 2.07. The standard InChI is InChI=1S/C16H14Cl3N3O2/c1-9-12(18)3-2-4-14(9)20-8-15(23)22-21-7-10-5-11(17)6-13(19)16(10)24/h2-7,20,24H,8H2,1H3,(H,22,23)/b21-7-. The molecule has 0 heterocycles. The second-order valence-electron chi connectivity index (χ2n) is 4.88. The minimum atomic E-state index is -0.363. The molecule has 0 aromatic heterocycles. The second-order valence-corrected chi connectivity index (χ2v) is 6.14. The van der Waals surface area contributed by atoms with E-state index in [1.807, 2.05) is 13.0 Å². The zero-order valence-electron chi connectivity index (χ0n) is 12.6. The van der Waals surface area contributed by atoms with E-state index in [0.717, 1.165) is 11.3 Å². The average Bonchev–Trinajstić information content (AvgIpc) is 2.53. The molecule has 0 atom stereocenters. The van der Waals surface area contributed by atoms with Gasteiger partial charge in [0.25, 0.3) is 5.91 Å². The lowest BCUT2D eigenvalue weighted by Crippen LogP contribution is -2.26. The van der Waals surface area contributed by atoms with Crippen molar-refractivity contribution < 1.29 is 9.90 Å². The summed E-state index contributed by atoms with van der Waals surface area (Å²) in [5, 5.41) is 17.6. The minimum absolute atomic E-state index is 0.0147. The van der Waals surface area contributed by atoms with Crippen molar-refractivity contribution in [1.29, 1.82) is 0 Å². The third kappa shape index (κ3) is 4.77. The summed E-state index contributed by atoms with van der Waals surface area (Å²) in [4.78, 5) is 11.8. The Labute approximate surface area is 154 Å². The molecule has 0 aliphatic heterocycles. The second kappa shape index (κ2) is 8.24. The Bertz CT molecular complexity index is 794. The zero-order valence-corrected chi connectivity index (χ0v) is 14.9. The van der Waals surface area contributed by atoms with Gasteiger partial charge in [-0.15, -0.1) is 0 Å². The summed E-state index contributed by atoms with van der Waals surface area (Å²) < 4.78 is 0. The molecule has 0 fully saturated rings. The first-order chi connectivity index (χ1) is 11.4. The van der Waals surface area contributed by atoms with Gasteiger partial charge in [-0.25, -0.2) is 5.43 Å². The molecule has 0 bridgehead atoms. The summed E-state index contributed by atoms with van der Waals surface area (Å²) in [6, 6.07) is 8.27. The summed E-state index contributed by atoms with van der Waals surface area (Å²) in [5.41, 5.74) is 4.26. The number of aromatic hydroxyl groups is 1. The Kier molecular flexibility index (Phi) is 6.31. The third-order valence-electron chi connectivity index (χ3n) is 3.16. The number of carbonyl (C=O) groups excluding carboxylic acids is 1. The Morgan fingerprint density at radius 2 is 2.00 bits per heavy atom. The number of hydrazone groups is 1. The average molecular weight is 387 g/mol. The monoisotopic (exact) mass is 385 g/mol. The van der Waals surface area contributed by atoms with Crippen molar-refractivity contribution in [2.75, 3.05) is 11.9 Å². The quantitative estimate of drug-likeness (QED) is 0.532. The maximum Gasteiger partial charge on any atom is 0.259 e. The molecule has 1 amide bonds. The maximum absolute atomic E-state index is 11.8. The number of nitrogens with zero attached hydrogens (tertiary/aromatic N) is 1. The Morgan fingerprint density at radius 3 is 2.75 bits per heavy atom. The lowest BCUT2D eigenvalue weighted by molar-refractivity contribution is -0.119. The van der Waals surface area contributed by atoms with E-state index < -0.39 is 0 Å². The molecule has 126 valence electrons. The van der Waals surface area contributed by atoms with Gasteiger partial charge in [-0.3, -0.25) is 4.79 Å². The van der Waals surface area contributed by atoms with Crippen LogP contribution in [0.25, 0.3) is 0 Å². The fourth-order valence-electron chi connectivity index (χ4n) is 1.87. The molecule has 3 N–H and O–H groups in total. The number of halogens is 3. The number of amides is 1. The van der Waals surface area contributed by atoms with Crippen LogP contribution in [0, 0.1) is 6.92 Å². The predicted octanol–water partition coefficient (Wildman–Crippen LogP) is 4.22. The molecule has 8 heteroatoms. The van der Waals surface area contributed by atoms with Gasteiger partial charge in [0, 0.05) is 21.3 Å². The van der Waals surface area contributed by atoms with E-state index in [-0.39, 0.29) is 23.2 Å². The van der Waals surface area contributed by atoms with Crippen LogP contribution in [0.15, 0.2) is 35.4 Å². The lowest BCUT2D eigenvalue weighted by Gasteiger charge is -2.09. The van der Waals surface area contributed by atoms with Crippen molar-refractivity contribution in [2.24, 2.45) is 5.10 Å². The van der Waals surface area contributed by atoms with Crippen LogP contribution in [0.2, 0.25) is 15.1 Å². The van der Waals surface area contributed by atoms with Gasteiger partial charge < -0.3 is 10.4 Å². The summed E-state index contributed by atoms with van der Waals surface area (Å²) in [6.07, 6.45) is 1.26. The molecule has 0 saturated heterocycles. The van der Waals surface area contributed by atoms with Gasteiger partial charge in [0.15, 0.2) is 0 Å². The number of nitrogens with one attached hydrogen (secondary N) is 2. The number of benzene rings is 2. The largest absolute Gasteiger partial charge is 0.506 e. The summed E-state index contributed by atoms with van der Waals surface area (Å²) >= 11 is 17.7. The molecule has 24 heavy (non-hydrogen) atoms. The van der Waals surface area contributed by atoms with E-state index in [0.29, 0.717) is 15.6 Å². The van der Waals surface area contributed by atoms with Crippen molar-refractivity contribution in [3.8, 4) is 5.75 Å². The molecule has 0 spiro atoms. The first-order valence-electron chi connectivity index (χ1n) is 6.87. The van der Waals surface area contributed by atoms with Gasteiger partial charge in [0.1, 0.15) is 5.75 Å². The van der Waals surface area contributed by atoms with Gasteiger partial charge in [0.2, 0.25) is 0 Å². The van der Waals surface area contributed by atoms with Crippen molar-refractivity contribution in [1.82, 2.24) is 5.43 Å². The van der Waals surface area contributed by atoms with E-state index in [1.54, 1.807) is 12.1 Å². The number of anilines is 1. The molecular weight excluding hydrogens is 373 g/mol. The zero-order chi connectivity index (χ0) is 17.7. The number of phenolic OH excluding ortho intramolecular Hbond substituents is 1. The van der Waals surface area contributed by atoms with Crippen molar-refractivity contribution >= 4 is 52.6 Å². The number of rotatable bonds is 5. The van der Waals surface area contributed by atoms with E-state index in [9.17, 15) is 9.90 Å². The number of phenols is 1. The van der Waals surface area contributed by atoms with Crippen LogP contribution in [-0.2, 0) is 4.79 Å². The molecule has 0 aliphatic rings. The molecule has 0 aliphatic carbocycles. The molecule has 0 unspecified atom stereocenters. The van der Waals surface area contributed by atoms with E-state index >= 15 is 0 Å².